The number of para-hydroxylation sites is 1. The van der Waals surface area contributed by atoms with E-state index in [1.807, 2.05) is 24.0 Å². The summed E-state index contributed by atoms with van der Waals surface area (Å²) in [5.41, 5.74) is 0.785. The van der Waals surface area contributed by atoms with Crippen LogP contribution >= 0.6 is 0 Å². The number of methoxy groups -OCH3 is 1. The number of amides is 2. The number of urea groups is 1. The Morgan fingerprint density at radius 2 is 2.04 bits per heavy atom. The van der Waals surface area contributed by atoms with Gasteiger partial charge in [-0.2, -0.15) is 0 Å². The van der Waals surface area contributed by atoms with Gasteiger partial charge in [-0.1, -0.05) is 37.5 Å². The number of rotatable bonds is 6. The molecule has 1 aromatic rings. The summed E-state index contributed by atoms with van der Waals surface area (Å²) >= 11 is 0. The van der Waals surface area contributed by atoms with Crippen molar-refractivity contribution in [3.63, 3.8) is 0 Å². The topological polar surface area (TPSA) is 61.8 Å². The van der Waals surface area contributed by atoms with Gasteiger partial charge in [0.1, 0.15) is 5.75 Å². The van der Waals surface area contributed by atoms with Gasteiger partial charge in [0.05, 0.1) is 19.2 Å². The summed E-state index contributed by atoms with van der Waals surface area (Å²) in [5.74, 6) is 0.242. The Morgan fingerprint density at radius 1 is 1.35 bits per heavy atom. The maximum Gasteiger partial charge on any atom is 0.318 e. The molecule has 5 heteroatoms. The van der Waals surface area contributed by atoms with E-state index in [1.165, 1.54) is 6.42 Å². The number of nitrogens with zero attached hydrogens (tertiary/aromatic N) is 1. The fraction of sp³-hybridized carbons (Fsp3) is 0.611. The number of nitrogens with one attached hydrogen (secondary N) is 1. The minimum Gasteiger partial charge on any atom is -0.508 e. The van der Waals surface area contributed by atoms with Crippen molar-refractivity contribution in [1.82, 2.24) is 10.2 Å². The lowest BCUT2D eigenvalue weighted by Crippen LogP contribution is -2.49. The molecule has 0 aliphatic heterocycles. The number of ether oxygens (including phenoxy) is 1. The molecule has 0 bridgehead atoms. The molecule has 2 rings (SSSR count). The quantitative estimate of drug-likeness (QED) is 0.845. The Balaban J connectivity index is 2.10. The van der Waals surface area contributed by atoms with Crippen LogP contribution in [0.15, 0.2) is 24.3 Å². The summed E-state index contributed by atoms with van der Waals surface area (Å²) < 4.78 is 5.09. The van der Waals surface area contributed by atoms with E-state index in [2.05, 4.69) is 5.32 Å². The normalized spacial score (nSPS) is 16.8. The van der Waals surface area contributed by atoms with Crippen molar-refractivity contribution < 1.29 is 14.6 Å². The SMILES string of the molecule is COC[C@@H](C)NC(=O)N(Cc1ccccc1O)C1CCCCC1. The Morgan fingerprint density at radius 3 is 2.70 bits per heavy atom. The number of hydrogen-bond acceptors (Lipinski definition) is 3. The van der Waals surface area contributed by atoms with Gasteiger partial charge in [-0.25, -0.2) is 4.79 Å². The first-order valence-corrected chi connectivity index (χ1v) is 8.44. The summed E-state index contributed by atoms with van der Waals surface area (Å²) in [5, 5.41) is 13.0. The van der Waals surface area contributed by atoms with E-state index in [-0.39, 0.29) is 23.9 Å². The molecule has 0 saturated heterocycles. The summed E-state index contributed by atoms with van der Waals surface area (Å²) in [6.45, 7) is 2.85. The van der Waals surface area contributed by atoms with Gasteiger partial charge in [0.15, 0.2) is 0 Å². The molecule has 128 valence electrons. The number of aromatic hydroxyl groups is 1. The van der Waals surface area contributed by atoms with Gasteiger partial charge in [0, 0.05) is 18.7 Å². The molecule has 0 radical (unpaired) electrons. The molecule has 0 unspecified atom stereocenters. The van der Waals surface area contributed by atoms with Gasteiger partial charge in [0.2, 0.25) is 0 Å². The van der Waals surface area contributed by atoms with Crippen LogP contribution < -0.4 is 5.32 Å². The van der Waals surface area contributed by atoms with E-state index in [4.69, 9.17) is 4.74 Å². The first kappa shape index (κ1) is 17.6. The molecule has 1 aliphatic carbocycles. The van der Waals surface area contributed by atoms with Crippen LogP contribution in [0.1, 0.15) is 44.6 Å². The largest absolute Gasteiger partial charge is 0.508 e. The first-order valence-electron chi connectivity index (χ1n) is 8.44. The number of phenolic OH excluding ortho intramolecular Hbond substituents is 1. The number of hydrogen-bond donors (Lipinski definition) is 2. The van der Waals surface area contributed by atoms with Crippen molar-refractivity contribution in [2.45, 2.75) is 57.7 Å². The highest BCUT2D eigenvalue weighted by Crippen LogP contribution is 2.26. The van der Waals surface area contributed by atoms with Gasteiger partial charge >= 0.3 is 6.03 Å². The number of phenols is 1. The monoisotopic (exact) mass is 320 g/mol. The molecular weight excluding hydrogens is 292 g/mol. The van der Waals surface area contributed by atoms with Gasteiger partial charge in [-0.05, 0) is 25.8 Å². The fourth-order valence-corrected chi connectivity index (χ4v) is 3.17. The minimum absolute atomic E-state index is 0.0389. The van der Waals surface area contributed by atoms with Gasteiger partial charge in [0.25, 0.3) is 0 Å². The van der Waals surface area contributed by atoms with Crippen LogP contribution in [0, 0.1) is 0 Å². The van der Waals surface area contributed by atoms with Gasteiger partial charge < -0.3 is 20.1 Å². The van der Waals surface area contributed by atoms with E-state index >= 15 is 0 Å². The van der Waals surface area contributed by atoms with Crippen molar-refractivity contribution in [2.24, 2.45) is 0 Å². The lowest BCUT2D eigenvalue weighted by molar-refractivity contribution is 0.134. The lowest BCUT2D eigenvalue weighted by atomic mass is 9.94. The van der Waals surface area contributed by atoms with Crippen LogP contribution in [0.2, 0.25) is 0 Å². The van der Waals surface area contributed by atoms with Crippen molar-refractivity contribution >= 4 is 6.03 Å². The van der Waals surface area contributed by atoms with E-state index in [0.29, 0.717) is 13.2 Å². The predicted molar refractivity (Wildman–Crippen MR) is 90.4 cm³/mol. The smallest absolute Gasteiger partial charge is 0.318 e. The second-order valence-electron chi connectivity index (χ2n) is 6.35. The predicted octanol–water partition coefficient (Wildman–Crippen LogP) is 3.27. The molecule has 1 saturated carbocycles. The van der Waals surface area contributed by atoms with Crippen molar-refractivity contribution in [3.8, 4) is 5.75 Å². The van der Waals surface area contributed by atoms with Crippen LogP contribution in [0.25, 0.3) is 0 Å². The molecular formula is C18H28N2O3. The zero-order valence-corrected chi connectivity index (χ0v) is 14.1. The van der Waals surface area contributed by atoms with E-state index in [1.54, 1.807) is 19.2 Å². The third kappa shape index (κ3) is 5.13. The van der Waals surface area contributed by atoms with Crippen LogP contribution in [-0.4, -0.2) is 41.8 Å². The van der Waals surface area contributed by atoms with Crippen LogP contribution in [0.3, 0.4) is 0 Å². The second-order valence-corrected chi connectivity index (χ2v) is 6.35. The zero-order chi connectivity index (χ0) is 16.7. The molecule has 2 N–H and O–H groups in total. The van der Waals surface area contributed by atoms with Gasteiger partial charge in [-0.15, -0.1) is 0 Å². The summed E-state index contributed by atoms with van der Waals surface area (Å²) in [6, 6.07) is 7.34. The number of carbonyl (C=O) groups is 1. The Bertz CT molecular complexity index is 501. The molecule has 0 spiro atoms. The summed E-state index contributed by atoms with van der Waals surface area (Å²) in [4.78, 5) is 14.6. The highest BCUT2D eigenvalue weighted by Gasteiger charge is 2.27. The highest BCUT2D eigenvalue weighted by atomic mass is 16.5. The third-order valence-corrected chi connectivity index (χ3v) is 4.40. The Kier molecular flexibility index (Phi) is 6.71. The summed E-state index contributed by atoms with van der Waals surface area (Å²) in [6.07, 6.45) is 5.60. The standard InChI is InChI=1S/C18H28N2O3/c1-14(13-23-2)19-18(22)20(16-9-4-3-5-10-16)12-15-8-6-7-11-17(15)21/h6-8,11,14,16,21H,3-5,9-10,12-13H2,1-2H3,(H,19,22)/t14-/m1/s1. The summed E-state index contributed by atoms with van der Waals surface area (Å²) in [7, 11) is 1.63. The van der Waals surface area contributed by atoms with E-state index in [9.17, 15) is 9.90 Å². The van der Waals surface area contributed by atoms with Crippen molar-refractivity contribution in [1.29, 1.82) is 0 Å². The maximum absolute atomic E-state index is 12.7. The highest BCUT2D eigenvalue weighted by molar-refractivity contribution is 5.75. The van der Waals surface area contributed by atoms with E-state index < -0.39 is 0 Å². The molecule has 1 fully saturated rings. The second kappa shape index (κ2) is 8.77. The Hall–Kier alpha value is -1.75. The first-order chi connectivity index (χ1) is 11.1. The molecule has 0 aromatic heterocycles. The lowest BCUT2D eigenvalue weighted by Gasteiger charge is -2.35. The molecule has 2 amide bonds. The molecule has 1 aliphatic rings. The fourth-order valence-electron chi connectivity index (χ4n) is 3.17. The average molecular weight is 320 g/mol. The molecule has 23 heavy (non-hydrogen) atoms. The average Bonchev–Trinajstić information content (AvgIpc) is 2.55. The minimum atomic E-state index is -0.0790. The Labute approximate surface area is 138 Å². The van der Waals surface area contributed by atoms with Crippen LogP contribution in [0.5, 0.6) is 5.75 Å². The maximum atomic E-state index is 12.7. The molecule has 0 heterocycles. The van der Waals surface area contributed by atoms with E-state index in [0.717, 1.165) is 31.2 Å². The van der Waals surface area contributed by atoms with Crippen LogP contribution in [-0.2, 0) is 11.3 Å². The van der Waals surface area contributed by atoms with Crippen LogP contribution in [0.4, 0.5) is 4.79 Å². The number of carbonyl (C=O) groups excluding carboxylic acids is 1. The molecule has 5 nitrogen and oxygen atoms in total. The molecule has 1 atom stereocenters. The third-order valence-electron chi connectivity index (χ3n) is 4.40. The van der Waals surface area contributed by atoms with Crippen molar-refractivity contribution in [3.05, 3.63) is 29.8 Å². The molecule has 1 aromatic carbocycles. The zero-order valence-electron chi connectivity index (χ0n) is 14.1. The van der Waals surface area contributed by atoms with Gasteiger partial charge in [-0.3, -0.25) is 0 Å². The number of benzene rings is 1. The van der Waals surface area contributed by atoms with Crippen molar-refractivity contribution in [2.75, 3.05) is 13.7 Å².